The van der Waals surface area contributed by atoms with E-state index in [1.54, 1.807) is 0 Å². The molecule has 0 spiro atoms. The number of aromatic nitrogens is 2. The van der Waals surface area contributed by atoms with Gasteiger partial charge in [-0.2, -0.15) is 0 Å². The van der Waals surface area contributed by atoms with Crippen LogP contribution in [0.4, 0.5) is 9.93 Å². The van der Waals surface area contributed by atoms with Crippen molar-refractivity contribution in [2.24, 2.45) is 0 Å². The van der Waals surface area contributed by atoms with E-state index in [2.05, 4.69) is 37.0 Å². The molecule has 0 saturated carbocycles. The molecular formula is C33H43N7O4S. The lowest BCUT2D eigenvalue weighted by Gasteiger charge is -2.24. The predicted octanol–water partition coefficient (Wildman–Crippen LogP) is 5.00. The minimum atomic E-state index is -0.815. The summed E-state index contributed by atoms with van der Waals surface area (Å²) in [4.78, 5) is 24.4. The van der Waals surface area contributed by atoms with Gasteiger partial charge in [-0.05, 0) is 75.8 Å². The van der Waals surface area contributed by atoms with Crippen molar-refractivity contribution in [1.29, 1.82) is 0 Å². The zero-order chi connectivity index (χ0) is 32.2. The van der Waals surface area contributed by atoms with Gasteiger partial charge in [-0.25, -0.2) is 4.79 Å². The number of hydrogen-bond donors (Lipinski definition) is 6. The number of aliphatic hydroxyl groups is 1. The first-order chi connectivity index (χ1) is 21.5. The van der Waals surface area contributed by atoms with Gasteiger partial charge in [-0.1, -0.05) is 65.9 Å². The Morgan fingerprint density at radius 3 is 2.47 bits per heavy atom. The number of aliphatic hydroxyl groups excluding tert-OH is 1. The summed E-state index contributed by atoms with van der Waals surface area (Å²) in [5, 5.41) is 29.2. The molecule has 0 saturated heterocycles. The number of hydrogen-bond acceptors (Lipinski definition) is 10. The van der Waals surface area contributed by atoms with Crippen molar-refractivity contribution in [3.05, 3.63) is 100.0 Å². The molecule has 3 aromatic rings. The normalized spacial score (nSPS) is 14.2. The Morgan fingerprint density at radius 1 is 0.978 bits per heavy atom. The van der Waals surface area contributed by atoms with Gasteiger partial charge >= 0.3 is 6.09 Å². The number of benzene rings is 2. The maximum absolute atomic E-state index is 12.3. The molecule has 1 aromatic heterocycles. The average molecular weight is 634 g/mol. The van der Waals surface area contributed by atoms with Gasteiger partial charge in [0.15, 0.2) is 0 Å². The van der Waals surface area contributed by atoms with E-state index in [9.17, 15) is 14.7 Å². The SMILES string of the molecule is CC(NC(=O)OC(C)(C)C)c1cccc(CC(O)NC2=CC=C(CCCCc3nnc(NC(=O)Cc4ccccc4)s3)NN2)c1. The Bertz CT molecular complexity index is 1480. The summed E-state index contributed by atoms with van der Waals surface area (Å²) in [7, 11) is 0. The number of ether oxygens (including phenoxy) is 1. The van der Waals surface area contributed by atoms with Crippen LogP contribution in [0.25, 0.3) is 0 Å². The molecule has 2 aromatic carbocycles. The number of nitrogens with one attached hydrogen (secondary N) is 5. The molecule has 6 N–H and O–H groups in total. The van der Waals surface area contributed by atoms with E-state index in [1.165, 1.54) is 11.3 Å². The van der Waals surface area contributed by atoms with Crippen LogP contribution in [0.3, 0.4) is 0 Å². The first kappa shape index (κ1) is 33.5. The molecule has 1 aliphatic rings. The summed E-state index contributed by atoms with van der Waals surface area (Å²) in [6, 6.07) is 17.1. The number of amides is 2. The number of carbonyl (C=O) groups is 2. The van der Waals surface area contributed by atoms with Crippen LogP contribution in [0.1, 0.15) is 74.7 Å². The zero-order valence-electron chi connectivity index (χ0n) is 26.2. The molecule has 1 aliphatic heterocycles. The number of aryl methyl sites for hydroxylation is 1. The Hall–Kier alpha value is -4.42. The van der Waals surface area contributed by atoms with E-state index in [1.807, 2.05) is 94.4 Å². The van der Waals surface area contributed by atoms with Crippen molar-refractivity contribution in [2.45, 2.75) is 84.1 Å². The van der Waals surface area contributed by atoms with Crippen molar-refractivity contribution < 1.29 is 19.4 Å². The van der Waals surface area contributed by atoms with E-state index in [4.69, 9.17) is 4.74 Å². The molecule has 0 fully saturated rings. The second kappa shape index (κ2) is 16.1. The summed E-state index contributed by atoms with van der Waals surface area (Å²) in [6.07, 6.45) is 6.81. The molecular weight excluding hydrogens is 590 g/mol. The first-order valence-electron chi connectivity index (χ1n) is 15.1. The second-order valence-electron chi connectivity index (χ2n) is 11.9. The Kier molecular flexibility index (Phi) is 11.9. The number of unbranched alkanes of at least 4 members (excludes halogenated alkanes) is 1. The van der Waals surface area contributed by atoms with E-state index in [0.717, 1.165) is 53.1 Å². The highest BCUT2D eigenvalue weighted by molar-refractivity contribution is 7.15. The van der Waals surface area contributed by atoms with Crippen molar-refractivity contribution >= 4 is 28.5 Å². The smallest absolute Gasteiger partial charge is 0.408 e. The van der Waals surface area contributed by atoms with Gasteiger partial charge in [0.2, 0.25) is 11.0 Å². The van der Waals surface area contributed by atoms with Crippen LogP contribution in [-0.2, 0) is 28.8 Å². The van der Waals surface area contributed by atoms with Gasteiger partial charge in [0.1, 0.15) is 22.7 Å². The van der Waals surface area contributed by atoms with Gasteiger partial charge in [0, 0.05) is 18.5 Å². The van der Waals surface area contributed by atoms with Crippen LogP contribution in [-0.4, -0.2) is 39.1 Å². The van der Waals surface area contributed by atoms with Crippen LogP contribution >= 0.6 is 11.3 Å². The highest BCUT2D eigenvalue weighted by Crippen LogP contribution is 2.20. The lowest BCUT2D eigenvalue weighted by molar-refractivity contribution is -0.115. The molecule has 2 unspecified atom stereocenters. The van der Waals surface area contributed by atoms with Crippen molar-refractivity contribution in [3.8, 4) is 0 Å². The molecule has 45 heavy (non-hydrogen) atoms. The van der Waals surface area contributed by atoms with Gasteiger partial charge in [0.25, 0.3) is 0 Å². The van der Waals surface area contributed by atoms with Gasteiger partial charge in [0.05, 0.1) is 12.5 Å². The van der Waals surface area contributed by atoms with Crippen molar-refractivity contribution in [2.75, 3.05) is 5.32 Å². The number of alkyl carbamates (subject to hydrolysis) is 1. The third-order valence-corrected chi connectivity index (χ3v) is 7.65. The summed E-state index contributed by atoms with van der Waals surface area (Å²) >= 11 is 1.41. The maximum Gasteiger partial charge on any atom is 0.408 e. The van der Waals surface area contributed by atoms with E-state index < -0.39 is 17.9 Å². The fraction of sp³-hybridized carbons (Fsp3) is 0.394. The van der Waals surface area contributed by atoms with Crippen LogP contribution < -0.4 is 26.8 Å². The first-order valence-corrected chi connectivity index (χ1v) is 16.0. The Balaban J connectivity index is 1.15. The fourth-order valence-corrected chi connectivity index (χ4v) is 5.40. The van der Waals surface area contributed by atoms with Crippen LogP contribution in [0.15, 0.2) is 78.3 Å². The highest BCUT2D eigenvalue weighted by Gasteiger charge is 2.19. The van der Waals surface area contributed by atoms with Crippen molar-refractivity contribution in [1.82, 2.24) is 31.7 Å². The molecule has 12 heteroatoms. The Labute approximate surface area is 268 Å². The number of rotatable bonds is 14. The molecule has 0 radical (unpaired) electrons. The molecule has 240 valence electrons. The van der Waals surface area contributed by atoms with E-state index in [0.29, 0.717) is 23.8 Å². The third kappa shape index (κ3) is 11.9. The Morgan fingerprint density at radius 2 is 1.73 bits per heavy atom. The van der Waals surface area contributed by atoms with Crippen molar-refractivity contribution in [3.63, 3.8) is 0 Å². The molecule has 0 aliphatic carbocycles. The molecule has 11 nitrogen and oxygen atoms in total. The molecule has 4 rings (SSSR count). The number of hydrazine groups is 1. The van der Waals surface area contributed by atoms with E-state index >= 15 is 0 Å². The molecule has 0 bridgehead atoms. The third-order valence-electron chi connectivity index (χ3n) is 6.75. The molecule has 2 amide bonds. The molecule has 2 atom stereocenters. The topological polar surface area (TPSA) is 150 Å². The largest absolute Gasteiger partial charge is 0.444 e. The number of allylic oxidation sites excluding steroid dienone is 3. The van der Waals surface area contributed by atoms with Crippen LogP contribution in [0.5, 0.6) is 0 Å². The van der Waals surface area contributed by atoms with E-state index in [-0.39, 0.29) is 11.9 Å². The zero-order valence-corrected chi connectivity index (χ0v) is 27.0. The number of anilines is 1. The van der Waals surface area contributed by atoms with Gasteiger partial charge < -0.3 is 31.2 Å². The lowest BCUT2D eigenvalue weighted by atomic mass is 10.0. The van der Waals surface area contributed by atoms with Crippen LogP contribution in [0.2, 0.25) is 0 Å². The summed E-state index contributed by atoms with van der Waals surface area (Å²) in [5.74, 6) is 0.563. The quantitative estimate of drug-likeness (QED) is 0.107. The van der Waals surface area contributed by atoms with Gasteiger partial charge in [-0.15, -0.1) is 10.2 Å². The molecule has 2 heterocycles. The monoisotopic (exact) mass is 633 g/mol. The second-order valence-corrected chi connectivity index (χ2v) is 13.0. The predicted molar refractivity (Wildman–Crippen MR) is 176 cm³/mol. The average Bonchev–Trinajstić information content (AvgIpc) is 3.42. The number of carbonyl (C=O) groups excluding carboxylic acids is 2. The standard InChI is InChI=1S/C33H43N7O4S/c1-22(34-32(43)44-33(2,3)4)25-14-10-13-24(19-25)21-28(41)35-27-18-17-26(37-38-27)15-8-9-16-30-39-40-31(45-30)36-29(42)20-23-11-6-5-7-12-23/h5-7,10-14,17-19,22,28,35,37-38,41H,8-9,15-16,20-21H2,1-4H3,(H,34,43)(H,36,40,42). The summed E-state index contributed by atoms with van der Waals surface area (Å²) in [5.41, 5.74) is 9.58. The van der Waals surface area contributed by atoms with Crippen LogP contribution in [0, 0.1) is 0 Å². The maximum atomic E-state index is 12.3. The lowest BCUT2D eigenvalue weighted by Crippen LogP contribution is -2.43. The minimum Gasteiger partial charge on any atom is -0.444 e. The van der Waals surface area contributed by atoms with Gasteiger partial charge in [-0.3, -0.25) is 10.2 Å². The highest BCUT2D eigenvalue weighted by atomic mass is 32.1. The summed E-state index contributed by atoms with van der Waals surface area (Å²) in [6.45, 7) is 7.37. The fourth-order valence-electron chi connectivity index (χ4n) is 4.60. The minimum absolute atomic E-state index is 0.102. The number of nitrogens with zero attached hydrogens (tertiary/aromatic N) is 2. The summed E-state index contributed by atoms with van der Waals surface area (Å²) < 4.78 is 5.35.